The number of aryl methyl sites for hydroxylation is 1. The molecule has 6 nitrogen and oxygen atoms in total. The van der Waals surface area contributed by atoms with Crippen molar-refractivity contribution in [1.82, 2.24) is 4.90 Å². The number of dihydropyridines is 1. The summed E-state index contributed by atoms with van der Waals surface area (Å²) in [5.41, 5.74) is 5.89. The number of amidine groups is 1. The second kappa shape index (κ2) is 8.85. The van der Waals surface area contributed by atoms with Crippen LogP contribution in [0.1, 0.15) is 31.0 Å². The van der Waals surface area contributed by atoms with E-state index in [2.05, 4.69) is 66.1 Å². The van der Waals surface area contributed by atoms with E-state index >= 15 is 0 Å². The number of aliphatic imine (C=N–C) groups is 3. The Kier molecular flexibility index (Phi) is 5.75. The maximum Gasteiger partial charge on any atom is 0.223 e. The third-order valence-corrected chi connectivity index (χ3v) is 6.67. The molecule has 0 radical (unpaired) electrons. The van der Waals surface area contributed by atoms with Crippen molar-refractivity contribution in [2.75, 3.05) is 38.2 Å². The number of guanidine groups is 1. The van der Waals surface area contributed by atoms with Crippen molar-refractivity contribution in [3.05, 3.63) is 71.3 Å². The van der Waals surface area contributed by atoms with E-state index in [9.17, 15) is 0 Å². The Bertz CT molecular complexity index is 1170. The van der Waals surface area contributed by atoms with Crippen LogP contribution in [0.5, 0.6) is 5.75 Å². The van der Waals surface area contributed by atoms with Crippen LogP contribution in [0.3, 0.4) is 0 Å². The fourth-order valence-corrected chi connectivity index (χ4v) is 5.02. The van der Waals surface area contributed by atoms with Gasteiger partial charge >= 0.3 is 0 Å². The van der Waals surface area contributed by atoms with E-state index in [1.54, 1.807) is 7.11 Å². The summed E-state index contributed by atoms with van der Waals surface area (Å²) in [6.45, 7) is 9.97. The van der Waals surface area contributed by atoms with Crippen LogP contribution in [0.15, 0.2) is 75.2 Å². The molecule has 3 aliphatic rings. The molecule has 3 aliphatic heterocycles. The van der Waals surface area contributed by atoms with E-state index in [0.717, 1.165) is 55.0 Å². The predicted octanol–water partition coefficient (Wildman–Crippen LogP) is 4.67. The third kappa shape index (κ3) is 4.17. The Morgan fingerprint density at radius 2 is 1.64 bits per heavy atom. The Balaban J connectivity index is 1.45. The van der Waals surface area contributed by atoms with E-state index in [4.69, 9.17) is 19.7 Å². The number of anilines is 1. The van der Waals surface area contributed by atoms with Crippen LogP contribution in [-0.2, 0) is 0 Å². The van der Waals surface area contributed by atoms with Gasteiger partial charge < -0.3 is 14.5 Å². The number of nitrogens with zero attached hydrogens (tertiary/aromatic N) is 5. The van der Waals surface area contributed by atoms with Gasteiger partial charge in [-0.3, -0.25) is 0 Å². The molecule has 5 rings (SSSR count). The second-order valence-corrected chi connectivity index (χ2v) is 9.02. The zero-order valence-corrected chi connectivity index (χ0v) is 19.8. The first-order valence-corrected chi connectivity index (χ1v) is 11.6. The zero-order valence-electron chi connectivity index (χ0n) is 19.8. The fourth-order valence-electron chi connectivity index (χ4n) is 5.02. The van der Waals surface area contributed by atoms with Crippen molar-refractivity contribution >= 4 is 23.2 Å². The lowest BCUT2D eigenvalue weighted by atomic mass is 9.83. The summed E-state index contributed by atoms with van der Waals surface area (Å²) in [4.78, 5) is 19.8. The van der Waals surface area contributed by atoms with Crippen LogP contribution < -0.4 is 9.64 Å². The molecule has 170 valence electrons. The average molecular weight is 442 g/mol. The third-order valence-electron chi connectivity index (χ3n) is 6.67. The Morgan fingerprint density at radius 1 is 0.879 bits per heavy atom. The fraction of sp³-hybridized carbons (Fsp3) is 0.370. The van der Waals surface area contributed by atoms with Crippen molar-refractivity contribution in [3.63, 3.8) is 0 Å². The number of allylic oxidation sites excluding steroid dienone is 1. The van der Waals surface area contributed by atoms with Crippen molar-refractivity contribution in [1.29, 1.82) is 0 Å². The lowest BCUT2D eigenvalue weighted by Crippen LogP contribution is -2.49. The summed E-state index contributed by atoms with van der Waals surface area (Å²) < 4.78 is 5.70. The molecule has 33 heavy (non-hydrogen) atoms. The molecule has 2 atom stereocenters. The maximum atomic E-state index is 5.70. The lowest BCUT2D eigenvalue weighted by molar-refractivity contribution is 0.373. The molecule has 0 N–H and O–H groups in total. The first-order valence-electron chi connectivity index (χ1n) is 11.6. The number of hydrogen-bond acceptors (Lipinski definition) is 6. The van der Waals surface area contributed by atoms with Crippen LogP contribution in [0, 0.1) is 12.8 Å². The number of para-hydroxylation sites is 1. The van der Waals surface area contributed by atoms with Crippen LogP contribution in [0.2, 0.25) is 0 Å². The molecule has 1 fully saturated rings. The molecule has 6 heteroatoms. The molecular weight excluding hydrogens is 410 g/mol. The SMILES string of the molecule is COc1ccccc1[C@H]1N=C(N2CCN(c3cccc(C)c3)CC2)N=C2N=C(C)C=C(C)C21. The van der Waals surface area contributed by atoms with Gasteiger partial charge in [0.05, 0.1) is 19.1 Å². The van der Waals surface area contributed by atoms with Crippen LogP contribution in [-0.4, -0.2) is 55.7 Å². The first-order chi connectivity index (χ1) is 16.0. The molecule has 0 aliphatic carbocycles. The topological polar surface area (TPSA) is 52.8 Å². The smallest absolute Gasteiger partial charge is 0.223 e. The monoisotopic (exact) mass is 441 g/mol. The zero-order chi connectivity index (χ0) is 22.9. The molecule has 0 saturated carbocycles. The highest BCUT2D eigenvalue weighted by atomic mass is 16.5. The highest BCUT2D eigenvalue weighted by Crippen LogP contribution is 2.41. The van der Waals surface area contributed by atoms with E-state index in [1.165, 1.54) is 16.8 Å². The van der Waals surface area contributed by atoms with E-state index < -0.39 is 0 Å². The van der Waals surface area contributed by atoms with Gasteiger partial charge in [0, 0.05) is 43.1 Å². The molecule has 0 bridgehead atoms. The van der Waals surface area contributed by atoms with E-state index in [0.29, 0.717) is 0 Å². The second-order valence-electron chi connectivity index (χ2n) is 9.02. The lowest BCUT2D eigenvalue weighted by Gasteiger charge is -2.39. The molecule has 1 unspecified atom stereocenters. The van der Waals surface area contributed by atoms with Crippen LogP contribution in [0.25, 0.3) is 0 Å². The van der Waals surface area contributed by atoms with Gasteiger partial charge in [-0.05, 0) is 50.6 Å². The Morgan fingerprint density at radius 3 is 2.39 bits per heavy atom. The predicted molar refractivity (Wildman–Crippen MR) is 136 cm³/mol. The standard InChI is InChI=1S/C27H31N5O/c1-18-8-7-9-21(16-18)31-12-14-32(15-13-31)27-29-25(22-10-5-6-11-23(22)33-4)24-19(2)17-20(3)28-26(24)30-27/h5-11,16-17,24-25H,12-15H2,1-4H3/t24?,25-/m1/s1. The Labute approximate surface area is 196 Å². The van der Waals surface area contributed by atoms with Gasteiger partial charge in [-0.2, -0.15) is 4.99 Å². The summed E-state index contributed by atoms with van der Waals surface area (Å²) in [5.74, 6) is 2.53. The molecule has 1 saturated heterocycles. The number of piperazine rings is 1. The van der Waals surface area contributed by atoms with Gasteiger partial charge in [0.2, 0.25) is 5.96 Å². The highest BCUT2D eigenvalue weighted by Gasteiger charge is 2.37. The van der Waals surface area contributed by atoms with Gasteiger partial charge in [0.25, 0.3) is 0 Å². The van der Waals surface area contributed by atoms with Gasteiger partial charge in [-0.15, -0.1) is 0 Å². The van der Waals surface area contributed by atoms with Gasteiger partial charge in [0.1, 0.15) is 11.6 Å². The molecular formula is C27H31N5O. The van der Waals surface area contributed by atoms with E-state index in [1.807, 2.05) is 19.1 Å². The number of hydrogen-bond donors (Lipinski definition) is 0. The minimum absolute atomic E-state index is 0.0299. The number of benzene rings is 2. The number of fused-ring (bicyclic) bond motifs is 1. The molecule has 3 heterocycles. The van der Waals surface area contributed by atoms with Crippen molar-refractivity contribution < 1.29 is 4.74 Å². The van der Waals surface area contributed by atoms with Crippen molar-refractivity contribution in [2.24, 2.45) is 20.9 Å². The van der Waals surface area contributed by atoms with Crippen molar-refractivity contribution in [3.8, 4) is 5.75 Å². The first kappa shape index (κ1) is 21.4. The van der Waals surface area contributed by atoms with Gasteiger partial charge in [0.15, 0.2) is 0 Å². The minimum atomic E-state index is -0.105. The molecule has 2 aromatic carbocycles. The normalized spacial score (nSPS) is 22.7. The van der Waals surface area contributed by atoms with Crippen LogP contribution >= 0.6 is 0 Å². The Hall–Kier alpha value is -3.41. The van der Waals surface area contributed by atoms with Crippen LogP contribution in [0.4, 0.5) is 5.69 Å². The summed E-state index contributed by atoms with van der Waals surface area (Å²) >= 11 is 0. The molecule has 0 aromatic heterocycles. The minimum Gasteiger partial charge on any atom is -0.496 e. The number of rotatable bonds is 3. The quantitative estimate of drug-likeness (QED) is 0.695. The number of methoxy groups -OCH3 is 1. The maximum absolute atomic E-state index is 5.70. The van der Waals surface area contributed by atoms with Gasteiger partial charge in [-0.1, -0.05) is 35.9 Å². The molecule has 2 aromatic rings. The van der Waals surface area contributed by atoms with E-state index in [-0.39, 0.29) is 12.0 Å². The summed E-state index contributed by atoms with van der Waals surface area (Å²) in [6, 6.07) is 16.8. The number of ether oxygens (including phenoxy) is 1. The summed E-state index contributed by atoms with van der Waals surface area (Å²) in [7, 11) is 1.72. The van der Waals surface area contributed by atoms with Gasteiger partial charge in [-0.25, -0.2) is 9.98 Å². The molecule has 0 spiro atoms. The average Bonchev–Trinajstić information content (AvgIpc) is 2.83. The highest BCUT2D eigenvalue weighted by molar-refractivity contribution is 6.11. The van der Waals surface area contributed by atoms with Crippen molar-refractivity contribution in [2.45, 2.75) is 26.8 Å². The summed E-state index contributed by atoms with van der Waals surface area (Å²) in [5, 5.41) is 0. The largest absolute Gasteiger partial charge is 0.496 e. The summed E-state index contributed by atoms with van der Waals surface area (Å²) in [6.07, 6.45) is 2.15. The molecule has 0 amide bonds.